The molecule has 158 valence electrons. The van der Waals surface area contributed by atoms with Crippen molar-refractivity contribution in [3.63, 3.8) is 0 Å². The van der Waals surface area contributed by atoms with Gasteiger partial charge in [0.1, 0.15) is 23.4 Å². The Kier molecular flexibility index (Phi) is 7.71. The molecule has 0 aliphatic rings. The summed E-state index contributed by atoms with van der Waals surface area (Å²) in [6.45, 7) is 3.97. The van der Waals surface area contributed by atoms with Crippen molar-refractivity contribution in [1.29, 1.82) is 0 Å². The average Bonchev–Trinajstić information content (AvgIpc) is 3.21. The predicted octanol–water partition coefficient (Wildman–Crippen LogP) is 3.07. The van der Waals surface area contributed by atoms with E-state index in [4.69, 9.17) is 9.47 Å². The van der Waals surface area contributed by atoms with E-state index in [1.165, 1.54) is 5.56 Å². The molecule has 0 fully saturated rings. The molecule has 0 aliphatic carbocycles. The Morgan fingerprint density at radius 1 is 1.10 bits per heavy atom. The van der Waals surface area contributed by atoms with E-state index in [0.29, 0.717) is 19.0 Å². The zero-order valence-electron chi connectivity index (χ0n) is 17.7. The van der Waals surface area contributed by atoms with Crippen LogP contribution in [0, 0.1) is 0 Å². The van der Waals surface area contributed by atoms with Gasteiger partial charge in [-0.3, -0.25) is 4.99 Å². The molecule has 1 unspecified atom stereocenters. The quantitative estimate of drug-likeness (QED) is 0.421. The lowest BCUT2D eigenvalue weighted by Gasteiger charge is -2.18. The topological polar surface area (TPSA) is 72.7 Å². The van der Waals surface area contributed by atoms with Crippen LogP contribution in [-0.4, -0.2) is 42.3 Å². The summed E-state index contributed by atoms with van der Waals surface area (Å²) in [5.41, 5.74) is 1.24. The van der Waals surface area contributed by atoms with Crippen LogP contribution in [0.25, 0.3) is 0 Å². The minimum absolute atomic E-state index is 0.0456. The molecule has 3 rings (SSSR count). The van der Waals surface area contributed by atoms with E-state index in [0.717, 1.165) is 23.9 Å². The third-order valence-corrected chi connectivity index (χ3v) is 4.57. The second-order valence-electron chi connectivity index (χ2n) is 6.87. The number of aliphatic imine (C=N–C) groups is 1. The smallest absolute Gasteiger partial charge is 0.191 e. The Hall–Kier alpha value is -3.48. The maximum atomic E-state index is 5.95. The SMILES string of the molecule is CN=C(NCc1nccn1Cc1ccccc1)NCC(C)Oc1cccc(OC)c1. The summed E-state index contributed by atoms with van der Waals surface area (Å²) in [5.74, 6) is 3.19. The fourth-order valence-corrected chi connectivity index (χ4v) is 3.00. The van der Waals surface area contributed by atoms with E-state index < -0.39 is 0 Å². The number of hydrogen-bond donors (Lipinski definition) is 2. The minimum atomic E-state index is -0.0456. The largest absolute Gasteiger partial charge is 0.497 e. The molecule has 7 nitrogen and oxygen atoms in total. The van der Waals surface area contributed by atoms with Crippen molar-refractivity contribution in [3.05, 3.63) is 78.4 Å². The number of benzene rings is 2. The van der Waals surface area contributed by atoms with Gasteiger partial charge in [-0.15, -0.1) is 0 Å². The molecular formula is C23H29N5O2. The van der Waals surface area contributed by atoms with Crippen LogP contribution >= 0.6 is 0 Å². The molecule has 2 N–H and O–H groups in total. The van der Waals surface area contributed by atoms with Gasteiger partial charge >= 0.3 is 0 Å². The van der Waals surface area contributed by atoms with Crippen LogP contribution in [0.3, 0.4) is 0 Å². The van der Waals surface area contributed by atoms with Gasteiger partial charge in [0.2, 0.25) is 0 Å². The molecule has 0 radical (unpaired) electrons. The van der Waals surface area contributed by atoms with E-state index >= 15 is 0 Å². The zero-order chi connectivity index (χ0) is 21.2. The summed E-state index contributed by atoms with van der Waals surface area (Å²) >= 11 is 0. The van der Waals surface area contributed by atoms with Crippen molar-refractivity contribution in [2.45, 2.75) is 26.1 Å². The molecule has 2 aromatic carbocycles. The van der Waals surface area contributed by atoms with Gasteiger partial charge in [-0.25, -0.2) is 4.98 Å². The third-order valence-electron chi connectivity index (χ3n) is 4.57. The molecule has 7 heteroatoms. The molecule has 0 saturated heterocycles. The number of nitrogens with zero attached hydrogens (tertiary/aromatic N) is 3. The molecule has 1 atom stereocenters. The number of nitrogens with one attached hydrogen (secondary N) is 2. The van der Waals surface area contributed by atoms with Gasteiger partial charge in [0.15, 0.2) is 5.96 Å². The van der Waals surface area contributed by atoms with Gasteiger partial charge in [0.05, 0.1) is 20.2 Å². The van der Waals surface area contributed by atoms with Crippen LogP contribution in [0.5, 0.6) is 11.5 Å². The summed E-state index contributed by atoms with van der Waals surface area (Å²) in [6, 6.07) is 17.9. The van der Waals surface area contributed by atoms with Crippen LogP contribution < -0.4 is 20.1 Å². The fraction of sp³-hybridized carbons (Fsp3) is 0.304. The van der Waals surface area contributed by atoms with Crippen LogP contribution in [0.2, 0.25) is 0 Å². The Bertz CT molecular complexity index is 940. The molecule has 0 bridgehead atoms. The average molecular weight is 408 g/mol. The minimum Gasteiger partial charge on any atom is -0.497 e. The molecule has 0 aliphatic heterocycles. The third kappa shape index (κ3) is 6.27. The van der Waals surface area contributed by atoms with Crippen LogP contribution in [0.15, 0.2) is 72.0 Å². The number of ether oxygens (including phenoxy) is 2. The summed E-state index contributed by atoms with van der Waals surface area (Å²) in [4.78, 5) is 8.76. The molecule has 1 heterocycles. The van der Waals surface area contributed by atoms with Gasteiger partial charge in [0, 0.05) is 32.1 Å². The lowest BCUT2D eigenvalue weighted by atomic mass is 10.2. The lowest BCUT2D eigenvalue weighted by Crippen LogP contribution is -2.41. The molecule has 0 spiro atoms. The van der Waals surface area contributed by atoms with Gasteiger partial charge in [-0.05, 0) is 24.6 Å². The van der Waals surface area contributed by atoms with Crippen LogP contribution in [0.4, 0.5) is 0 Å². The molecule has 1 aromatic heterocycles. The molecule has 3 aromatic rings. The Morgan fingerprint density at radius 3 is 2.67 bits per heavy atom. The Labute approximate surface area is 177 Å². The van der Waals surface area contributed by atoms with Crippen molar-refractivity contribution in [2.24, 2.45) is 4.99 Å². The fourth-order valence-electron chi connectivity index (χ4n) is 3.00. The normalized spacial score (nSPS) is 12.3. The number of methoxy groups -OCH3 is 1. The second-order valence-corrected chi connectivity index (χ2v) is 6.87. The standard InChI is InChI=1S/C23H29N5O2/c1-18(30-21-11-7-10-20(14-21)29-3)15-26-23(24-2)27-16-22-25-12-13-28(22)17-19-8-5-4-6-9-19/h4-14,18H,15-17H2,1-3H3,(H2,24,26,27). The van der Waals surface area contributed by atoms with E-state index in [1.54, 1.807) is 14.2 Å². The number of aromatic nitrogens is 2. The number of imidazole rings is 1. The maximum Gasteiger partial charge on any atom is 0.191 e. The summed E-state index contributed by atoms with van der Waals surface area (Å²) in [6.07, 6.45) is 3.76. The molecule has 0 saturated carbocycles. The van der Waals surface area contributed by atoms with Crippen molar-refractivity contribution in [3.8, 4) is 11.5 Å². The van der Waals surface area contributed by atoms with Gasteiger partial charge in [-0.2, -0.15) is 0 Å². The van der Waals surface area contributed by atoms with Crippen LogP contribution in [0.1, 0.15) is 18.3 Å². The first-order valence-electron chi connectivity index (χ1n) is 9.97. The van der Waals surface area contributed by atoms with E-state index in [9.17, 15) is 0 Å². The van der Waals surface area contributed by atoms with Crippen molar-refractivity contribution in [2.75, 3.05) is 20.7 Å². The number of guanidine groups is 1. The highest BCUT2D eigenvalue weighted by atomic mass is 16.5. The van der Waals surface area contributed by atoms with E-state index in [1.807, 2.05) is 61.8 Å². The highest BCUT2D eigenvalue weighted by Gasteiger charge is 2.08. The van der Waals surface area contributed by atoms with Gasteiger partial charge in [0.25, 0.3) is 0 Å². The Morgan fingerprint density at radius 2 is 1.90 bits per heavy atom. The highest BCUT2D eigenvalue weighted by molar-refractivity contribution is 5.79. The highest BCUT2D eigenvalue weighted by Crippen LogP contribution is 2.19. The summed E-state index contributed by atoms with van der Waals surface area (Å²) in [5, 5.41) is 6.61. The molecular weight excluding hydrogens is 378 g/mol. The molecule has 0 amide bonds. The predicted molar refractivity (Wildman–Crippen MR) is 119 cm³/mol. The lowest BCUT2D eigenvalue weighted by molar-refractivity contribution is 0.223. The Balaban J connectivity index is 1.48. The van der Waals surface area contributed by atoms with Gasteiger partial charge in [-0.1, -0.05) is 36.4 Å². The monoisotopic (exact) mass is 407 g/mol. The van der Waals surface area contributed by atoms with Gasteiger partial charge < -0.3 is 24.7 Å². The second kappa shape index (κ2) is 10.9. The summed E-state index contributed by atoms with van der Waals surface area (Å²) in [7, 11) is 3.39. The zero-order valence-corrected chi connectivity index (χ0v) is 17.7. The number of rotatable bonds is 9. The summed E-state index contributed by atoms with van der Waals surface area (Å²) < 4.78 is 13.3. The van der Waals surface area contributed by atoms with Crippen molar-refractivity contribution < 1.29 is 9.47 Å². The molecule has 30 heavy (non-hydrogen) atoms. The van der Waals surface area contributed by atoms with Crippen LogP contribution in [-0.2, 0) is 13.1 Å². The van der Waals surface area contributed by atoms with Crippen molar-refractivity contribution >= 4 is 5.96 Å². The maximum absolute atomic E-state index is 5.95. The first-order valence-corrected chi connectivity index (χ1v) is 9.97. The van der Waals surface area contributed by atoms with E-state index in [-0.39, 0.29) is 6.10 Å². The van der Waals surface area contributed by atoms with E-state index in [2.05, 4.69) is 37.3 Å². The number of hydrogen-bond acceptors (Lipinski definition) is 4. The van der Waals surface area contributed by atoms with Crippen molar-refractivity contribution in [1.82, 2.24) is 20.2 Å². The first kappa shape index (κ1) is 21.2. The first-order chi connectivity index (χ1) is 14.7.